The zero-order valence-corrected chi connectivity index (χ0v) is 7.65. The SMILES string of the molecule is COc1ncccc1C(=O)NCC#N. The molecular formula is C9H9N3O2. The lowest BCUT2D eigenvalue weighted by molar-refractivity contribution is 0.0954. The van der Waals surface area contributed by atoms with Crippen molar-refractivity contribution in [3.63, 3.8) is 0 Å². The van der Waals surface area contributed by atoms with Gasteiger partial charge in [0.15, 0.2) is 0 Å². The Kier molecular flexibility index (Phi) is 3.44. The van der Waals surface area contributed by atoms with Crippen LogP contribution >= 0.6 is 0 Å². The summed E-state index contributed by atoms with van der Waals surface area (Å²) in [4.78, 5) is 15.3. The first-order valence-electron chi connectivity index (χ1n) is 3.93. The topological polar surface area (TPSA) is 75.0 Å². The van der Waals surface area contributed by atoms with Crippen LogP contribution in [0.1, 0.15) is 10.4 Å². The highest BCUT2D eigenvalue weighted by atomic mass is 16.5. The Morgan fingerprint density at radius 2 is 2.57 bits per heavy atom. The lowest BCUT2D eigenvalue weighted by atomic mass is 10.2. The van der Waals surface area contributed by atoms with Gasteiger partial charge in [0, 0.05) is 6.20 Å². The maximum absolute atomic E-state index is 11.4. The van der Waals surface area contributed by atoms with E-state index in [0.29, 0.717) is 5.56 Å². The average Bonchev–Trinajstić information content (AvgIpc) is 2.25. The third kappa shape index (κ3) is 2.20. The molecule has 14 heavy (non-hydrogen) atoms. The number of pyridine rings is 1. The predicted octanol–water partition coefficient (Wildman–Crippen LogP) is 0.344. The Morgan fingerprint density at radius 1 is 1.79 bits per heavy atom. The smallest absolute Gasteiger partial charge is 0.257 e. The van der Waals surface area contributed by atoms with Crippen LogP contribution in [0.4, 0.5) is 0 Å². The van der Waals surface area contributed by atoms with Crippen LogP contribution in [0, 0.1) is 11.3 Å². The maximum atomic E-state index is 11.4. The monoisotopic (exact) mass is 191 g/mol. The normalized spacial score (nSPS) is 8.86. The third-order valence-electron chi connectivity index (χ3n) is 1.54. The Morgan fingerprint density at radius 3 is 3.21 bits per heavy atom. The second kappa shape index (κ2) is 4.82. The Balaban J connectivity index is 2.84. The summed E-state index contributed by atoms with van der Waals surface area (Å²) in [5, 5.41) is 10.7. The fourth-order valence-electron chi connectivity index (χ4n) is 0.941. The molecule has 0 aliphatic rings. The van der Waals surface area contributed by atoms with Gasteiger partial charge in [0.05, 0.1) is 13.2 Å². The minimum absolute atomic E-state index is 0.0309. The number of hydrogen-bond donors (Lipinski definition) is 1. The number of methoxy groups -OCH3 is 1. The molecule has 0 aliphatic heterocycles. The van der Waals surface area contributed by atoms with E-state index >= 15 is 0 Å². The van der Waals surface area contributed by atoms with Crippen molar-refractivity contribution in [3.05, 3.63) is 23.9 Å². The van der Waals surface area contributed by atoms with E-state index in [0.717, 1.165) is 0 Å². The van der Waals surface area contributed by atoms with Gasteiger partial charge in [-0.3, -0.25) is 4.79 Å². The minimum Gasteiger partial charge on any atom is -0.480 e. The molecule has 0 atom stereocenters. The summed E-state index contributed by atoms with van der Waals surface area (Å²) in [5.41, 5.74) is 0.324. The van der Waals surface area contributed by atoms with Crippen LogP contribution in [0.25, 0.3) is 0 Å². The zero-order valence-electron chi connectivity index (χ0n) is 7.65. The molecule has 0 aliphatic carbocycles. The van der Waals surface area contributed by atoms with Gasteiger partial charge in [-0.15, -0.1) is 0 Å². The molecule has 0 spiro atoms. The first-order chi connectivity index (χ1) is 6.79. The van der Waals surface area contributed by atoms with Gasteiger partial charge < -0.3 is 10.1 Å². The Bertz CT molecular complexity index is 371. The summed E-state index contributed by atoms with van der Waals surface area (Å²) >= 11 is 0. The van der Waals surface area contributed by atoms with Crippen molar-refractivity contribution in [2.75, 3.05) is 13.7 Å². The maximum Gasteiger partial charge on any atom is 0.257 e. The van der Waals surface area contributed by atoms with Crippen molar-refractivity contribution in [2.45, 2.75) is 0 Å². The number of ether oxygens (including phenoxy) is 1. The van der Waals surface area contributed by atoms with Crippen molar-refractivity contribution >= 4 is 5.91 Å². The van der Waals surface area contributed by atoms with Crippen molar-refractivity contribution in [1.29, 1.82) is 5.26 Å². The standard InChI is InChI=1S/C9H9N3O2/c1-14-9-7(3-2-5-12-9)8(13)11-6-4-10/h2-3,5H,6H2,1H3,(H,11,13). The van der Waals surface area contributed by atoms with Gasteiger partial charge in [-0.1, -0.05) is 0 Å². The van der Waals surface area contributed by atoms with Crippen LogP contribution in [0.2, 0.25) is 0 Å². The van der Waals surface area contributed by atoms with Gasteiger partial charge >= 0.3 is 0 Å². The fraction of sp³-hybridized carbons (Fsp3) is 0.222. The molecule has 0 aromatic carbocycles. The fourth-order valence-corrected chi connectivity index (χ4v) is 0.941. The molecule has 72 valence electrons. The lowest BCUT2D eigenvalue weighted by Crippen LogP contribution is -2.24. The molecule has 1 rings (SSSR count). The van der Waals surface area contributed by atoms with E-state index in [-0.39, 0.29) is 18.3 Å². The minimum atomic E-state index is -0.364. The quantitative estimate of drug-likeness (QED) is 0.699. The number of nitrogens with zero attached hydrogens (tertiary/aromatic N) is 2. The van der Waals surface area contributed by atoms with Crippen molar-refractivity contribution in [1.82, 2.24) is 10.3 Å². The molecule has 5 nitrogen and oxygen atoms in total. The number of carbonyl (C=O) groups is 1. The molecule has 1 amide bonds. The van der Waals surface area contributed by atoms with E-state index in [1.807, 2.05) is 6.07 Å². The Hall–Kier alpha value is -2.09. The number of aromatic nitrogens is 1. The second-order valence-corrected chi connectivity index (χ2v) is 2.40. The third-order valence-corrected chi connectivity index (χ3v) is 1.54. The van der Waals surface area contributed by atoms with Crippen LogP contribution in [0.15, 0.2) is 18.3 Å². The molecule has 0 saturated carbocycles. The first-order valence-corrected chi connectivity index (χ1v) is 3.93. The summed E-state index contributed by atoms with van der Waals surface area (Å²) < 4.78 is 4.89. The van der Waals surface area contributed by atoms with Crippen molar-refractivity contribution in [2.24, 2.45) is 0 Å². The molecule has 0 fully saturated rings. The lowest BCUT2D eigenvalue weighted by Gasteiger charge is -2.05. The van der Waals surface area contributed by atoms with Crippen LogP contribution < -0.4 is 10.1 Å². The molecule has 0 saturated heterocycles. The summed E-state index contributed by atoms with van der Waals surface area (Å²) in [7, 11) is 1.43. The summed E-state index contributed by atoms with van der Waals surface area (Å²) in [6.07, 6.45) is 1.53. The molecule has 1 aromatic heterocycles. The van der Waals surface area contributed by atoms with Crippen LogP contribution in [-0.4, -0.2) is 24.5 Å². The largest absolute Gasteiger partial charge is 0.480 e. The number of carbonyl (C=O) groups excluding carboxylic acids is 1. The summed E-state index contributed by atoms with van der Waals surface area (Å²) in [5.74, 6) is -0.112. The number of amides is 1. The highest BCUT2D eigenvalue weighted by Gasteiger charge is 2.11. The molecule has 1 N–H and O–H groups in total. The number of rotatable bonds is 3. The summed E-state index contributed by atoms with van der Waals surface area (Å²) in [6.45, 7) is -0.0309. The average molecular weight is 191 g/mol. The molecule has 5 heteroatoms. The van der Waals surface area contributed by atoms with Crippen molar-refractivity contribution < 1.29 is 9.53 Å². The van der Waals surface area contributed by atoms with Gasteiger partial charge in [-0.05, 0) is 12.1 Å². The van der Waals surface area contributed by atoms with E-state index in [1.54, 1.807) is 12.1 Å². The van der Waals surface area contributed by atoms with E-state index in [4.69, 9.17) is 10.00 Å². The highest BCUT2D eigenvalue weighted by Crippen LogP contribution is 2.12. The summed E-state index contributed by atoms with van der Waals surface area (Å²) in [6, 6.07) is 5.02. The molecular weight excluding hydrogens is 182 g/mol. The van der Waals surface area contributed by atoms with Gasteiger partial charge in [0.2, 0.25) is 5.88 Å². The number of hydrogen-bond acceptors (Lipinski definition) is 4. The van der Waals surface area contributed by atoms with E-state index < -0.39 is 0 Å². The highest BCUT2D eigenvalue weighted by molar-refractivity contribution is 5.96. The number of nitrogens with one attached hydrogen (secondary N) is 1. The second-order valence-electron chi connectivity index (χ2n) is 2.40. The van der Waals surface area contributed by atoms with E-state index in [1.165, 1.54) is 13.3 Å². The predicted molar refractivity (Wildman–Crippen MR) is 48.7 cm³/mol. The molecule has 0 bridgehead atoms. The van der Waals surface area contributed by atoms with Gasteiger partial charge in [0.1, 0.15) is 12.1 Å². The van der Waals surface area contributed by atoms with E-state index in [2.05, 4.69) is 10.3 Å². The van der Waals surface area contributed by atoms with Gasteiger partial charge in [-0.25, -0.2) is 4.98 Å². The first kappa shape index (κ1) is 9.99. The van der Waals surface area contributed by atoms with E-state index in [9.17, 15) is 4.79 Å². The molecule has 1 aromatic rings. The van der Waals surface area contributed by atoms with Crippen LogP contribution in [0.3, 0.4) is 0 Å². The Labute approximate surface area is 81.3 Å². The van der Waals surface area contributed by atoms with Gasteiger partial charge in [0.25, 0.3) is 5.91 Å². The molecule has 0 radical (unpaired) electrons. The molecule has 1 heterocycles. The van der Waals surface area contributed by atoms with Crippen molar-refractivity contribution in [3.8, 4) is 11.9 Å². The van der Waals surface area contributed by atoms with Crippen LogP contribution in [-0.2, 0) is 0 Å². The number of nitriles is 1. The molecule has 0 unspecified atom stereocenters. The zero-order chi connectivity index (χ0) is 10.4. The van der Waals surface area contributed by atoms with Gasteiger partial charge in [-0.2, -0.15) is 5.26 Å². The van der Waals surface area contributed by atoms with Crippen LogP contribution in [0.5, 0.6) is 5.88 Å².